The van der Waals surface area contributed by atoms with Crippen molar-refractivity contribution in [1.82, 2.24) is 10.3 Å². The Morgan fingerprint density at radius 1 is 1.50 bits per heavy atom. The number of hydrogen-bond donors (Lipinski definition) is 2. The summed E-state index contributed by atoms with van der Waals surface area (Å²) >= 11 is 0. The van der Waals surface area contributed by atoms with E-state index >= 15 is 0 Å². The highest BCUT2D eigenvalue weighted by molar-refractivity contribution is 5.32. The molecule has 0 spiro atoms. The predicted octanol–water partition coefficient (Wildman–Crippen LogP) is 1.98. The first-order chi connectivity index (χ1) is 7.79. The van der Waals surface area contributed by atoms with E-state index in [1.54, 1.807) is 6.20 Å². The lowest BCUT2D eigenvalue weighted by Crippen LogP contribution is -2.34. The van der Waals surface area contributed by atoms with Gasteiger partial charge >= 0.3 is 0 Å². The van der Waals surface area contributed by atoms with Crippen LogP contribution in [0.4, 0.5) is 5.82 Å². The lowest BCUT2D eigenvalue weighted by Gasteiger charge is -2.23. The zero-order valence-electron chi connectivity index (χ0n) is 9.95. The largest absolute Gasteiger partial charge is 0.384 e. The molecule has 2 rings (SSSR count). The molecule has 1 atom stereocenters. The molecule has 1 aliphatic rings. The van der Waals surface area contributed by atoms with Gasteiger partial charge in [0.15, 0.2) is 0 Å². The van der Waals surface area contributed by atoms with E-state index in [0.29, 0.717) is 11.9 Å². The van der Waals surface area contributed by atoms with Crippen LogP contribution in [-0.4, -0.2) is 18.1 Å². The maximum Gasteiger partial charge on any atom is 0.123 e. The van der Waals surface area contributed by atoms with E-state index in [9.17, 15) is 0 Å². The molecule has 1 unspecified atom stereocenters. The van der Waals surface area contributed by atoms with Crippen LogP contribution in [0.3, 0.4) is 0 Å². The van der Waals surface area contributed by atoms with E-state index in [2.05, 4.69) is 23.4 Å². The van der Waals surface area contributed by atoms with Gasteiger partial charge in [0.05, 0.1) is 0 Å². The molecule has 0 bridgehead atoms. The van der Waals surface area contributed by atoms with Crippen molar-refractivity contribution in [2.24, 2.45) is 5.92 Å². The summed E-state index contributed by atoms with van der Waals surface area (Å²) in [6.45, 7) is 0. The summed E-state index contributed by atoms with van der Waals surface area (Å²) in [5.74, 6) is 1.46. The van der Waals surface area contributed by atoms with Crippen LogP contribution in [0.5, 0.6) is 0 Å². The molecule has 0 radical (unpaired) electrons. The summed E-state index contributed by atoms with van der Waals surface area (Å²) in [7, 11) is 2.06. The molecule has 1 saturated carbocycles. The van der Waals surface area contributed by atoms with Gasteiger partial charge in [-0.3, -0.25) is 0 Å². The number of pyridine rings is 1. The van der Waals surface area contributed by atoms with Crippen molar-refractivity contribution in [2.45, 2.75) is 38.1 Å². The van der Waals surface area contributed by atoms with Crippen LogP contribution in [0.15, 0.2) is 18.3 Å². The Hall–Kier alpha value is -1.09. The van der Waals surface area contributed by atoms with E-state index in [0.717, 1.165) is 12.3 Å². The Morgan fingerprint density at radius 2 is 2.25 bits per heavy atom. The fourth-order valence-electron chi connectivity index (χ4n) is 2.74. The Balaban J connectivity index is 2.00. The van der Waals surface area contributed by atoms with Crippen LogP contribution in [0.1, 0.15) is 31.2 Å². The van der Waals surface area contributed by atoms with E-state index in [4.69, 9.17) is 5.73 Å². The van der Waals surface area contributed by atoms with Gasteiger partial charge in [0.25, 0.3) is 0 Å². The van der Waals surface area contributed by atoms with Gasteiger partial charge in [-0.05, 0) is 49.9 Å². The number of likely N-dealkylation sites (N-methyl/N-ethyl adjacent to an activating group) is 1. The average molecular weight is 219 g/mol. The molecule has 3 nitrogen and oxygen atoms in total. The molecule has 3 heteroatoms. The van der Waals surface area contributed by atoms with Crippen LogP contribution >= 0.6 is 0 Å². The third-order valence-corrected chi connectivity index (χ3v) is 3.64. The summed E-state index contributed by atoms with van der Waals surface area (Å²) in [6.07, 6.45) is 8.38. The van der Waals surface area contributed by atoms with E-state index < -0.39 is 0 Å². The second-order valence-electron chi connectivity index (χ2n) is 4.73. The molecule has 1 heterocycles. The van der Waals surface area contributed by atoms with Crippen molar-refractivity contribution < 1.29 is 0 Å². The minimum Gasteiger partial charge on any atom is -0.384 e. The fraction of sp³-hybridized carbons (Fsp3) is 0.615. The molecular formula is C13H21N3. The molecule has 1 aromatic heterocycles. The van der Waals surface area contributed by atoms with E-state index in [-0.39, 0.29) is 0 Å². The molecule has 3 N–H and O–H groups in total. The van der Waals surface area contributed by atoms with Gasteiger partial charge in [0.1, 0.15) is 5.82 Å². The Morgan fingerprint density at radius 3 is 2.88 bits per heavy atom. The normalized spacial score (nSPS) is 18.8. The molecule has 0 saturated heterocycles. The predicted molar refractivity (Wildman–Crippen MR) is 67.2 cm³/mol. The van der Waals surface area contributed by atoms with Crippen LogP contribution in [0.25, 0.3) is 0 Å². The average Bonchev–Trinajstić information content (AvgIpc) is 2.79. The fourth-order valence-corrected chi connectivity index (χ4v) is 2.74. The second-order valence-corrected chi connectivity index (χ2v) is 4.73. The topological polar surface area (TPSA) is 50.9 Å². The number of anilines is 1. The lowest BCUT2D eigenvalue weighted by atomic mass is 9.92. The minimum absolute atomic E-state index is 0.587. The van der Waals surface area contributed by atoms with Gasteiger partial charge in [-0.2, -0.15) is 0 Å². The zero-order chi connectivity index (χ0) is 11.4. The molecule has 0 aliphatic heterocycles. The molecule has 1 fully saturated rings. The van der Waals surface area contributed by atoms with Gasteiger partial charge in [-0.25, -0.2) is 4.98 Å². The number of nitrogens with one attached hydrogen (secondary N) is 1. The molecule has 1 aromatic rings. The summed E-state index contributed by atoms with van der Waals surface area (Å²) in [6, 6.07) is 4.64. The second kappa shape index (κ2) is 5.30. The standard InChI is InChI=1S/C13H21N3/c1-15-12(11-4-2-3-5-11)8-10-6-7-16-13(14)9-10/h6-7,9,11-12,15H,2-5,8H2,1H3,(H2,14,16). The van der Waals surface area contributed by atoms with Crippen molar-refractivity contribution in [1.29, 1.82) is 0 Å². The SMILES string of the molecule is CNC(Cc1ccnc(N)c1)C1CCCC1. The van der Waals surface area contributed by atoms with Crippen molar-refractivity contribution in [3.8, 4) is 0 Å². The van der Waals surface area contributed by atoms with Gasteiger partial charge in [-0.1, -0.05) is 12.8 Å². The monoisotopic (exact) mass is 219 g/mol. The van der Waals surface area contributed by atoms with Crippen LogP contribution in [0.2, 0.25) is 0 Å². The highest BCUT2D eigenvalue weighted by Crippen LogP contribution is 2.29. The first-order valence-corrected chi connectivity index (χ1v) is 6.17. The quantitative estimate of drug-likeness (QED) is 0.814. The van der Waals surface area contributed by atoms with Gasteiger partial charge < -0.3 is 11.1 Å². The van der Waals surface area contributed by atoms with E-state index in [1.807, 2.05) is 6.07 Å². The van der Waals surface area contributed by atoms with E-state index in [1.165, 1.54) is 31.2 Å². The third kappa shape index (κ3) is 2.73. The number of hydrogen-bond acceptors (Lipinski definition) is 3. The van der Waals surface area contributed by atoms with Crippen molar-refractivity contribution in [3.63, 3.8) is 0 Å². The van der Waals surface area contributed by atoms with Gasteiger partial charge in [0.2, 0.25) is 0 Å². The summed E-state index contributed by atoms with van der Waals surface area (Å²) in [4.78, 5) is 4.03. The summed E-state index contributed by atoms with van der Waals surface area (Å²) < 4.78 is 0. The number of nitrogen functional groups attached to an aromatic ring is 1. The van der Waals surface area contributed by atoms with Crippen LogP contribution in [0, 0.1) is 5.92 Å². The zero-order valence-corrected chi connectivity index (χ0v) is 9.95. The first kappa shape index (κ1) is 11.4. The molecule has 1 aliphatic carbocycles. The number of nitrogens with zero attached hydrogens (tertiary/aromatic N) is 1. The van der Waals surface area contributed by atoms with Gasteiger partial charge in [-0.15, -0.1) is 0 Å². The first-order valence-electron chi connectivity index (χ1n) is 6.17. The minimum atomic E-state index is 0.587. The molecule has 88 valence electrons. The third-order valence-electron chi connectivity index (χ3n) is 3.64. The van der Waals surface area contributed by atoms with Crippen LogP contribution in [-0.2, 0) is 6.42 Å². The van der Waals surface area contributed by atoms with Crippen molar-refractivity contribution in [2.75, 3.05) is 12.8 Å². The van der Waals surface area contributed by atoms with Crippen molar-refractivity contribution in [3.05, 3.63) is 23.9 Å². The number of rotatable bonds is 4. The Labute approximate surface area is 97.5 Å². The molecule has 16 heavy (non-hydrogen) atoms. The highest BCUT2D eigenvalue weighted by atomic mass is 14.9. The number of aromatic nitrogens is 1. The molecular weight excluding hydrogens is 198 g/mol. The van der Waals surface area contributed by atoms with Crippen molar-refractivity contribution >= 4 is 5.82 Å². The highest BCUT2D eigenvalue weighted by Gasteiger charge is 2.23. The lowest BCUT2D eigenvalue weighted by molar-refractivity contribution is 0.377. The smallest absolute Gasteiger partial charge is 0.123 e. The van der Waals surface area contributed by atoms with Gasteiger partial charge in [0, 0.05) is 12.2 Å². The summed E-state index contributed by atoms with van der Waals surface area (Å²) in [5, 5.41) is 3.45. The van der Waals surface area contributed by atoms with Crippen LogP contribution < -0.4 is 11.1 Å². The Kier molecular flexibility index (Phi) is 3.78. The number of nitrogens with two attached hydrogens (primary N) is 1. The Bertz CT molecular complexity index is 332. The molecule has 0 amide bonds. The maximum atomic E-state index is 5.70. The molecule has 0 aromatic carbocycles. The maximum absolute atomic E-state index is 5.70. The summed E-state index contributed by atoms with van der Waals surface area (Å²) in [5.41, 5.74) is 6.99.